The van der Waals surface area contributed by atoms with Gasteiger partial charge in [-0.1, -0.05) is 37.3 Å². The second kappa shape index (κ2) is 5.00. The minimum absolute atomic E-state index is 0.0334. The lowest BCUT2D eigenvalue weighted by molar-refractivity contribution is 0.0334. The summed E-state index contributed by atoms with van der Waals surface area (Å²) in [4.78, 5) is 11.8. The number of carbonyl (C=O) groups is 1. The fourth-order valence-corrected chi connectivity index (χ4v) is 1.65. The molecular weight excluding hydrogens is 212 g/mol. The molecule has 88 valence electrons. The Morgan fingerprint density at radius 1 is 1.18 bits per heavy atom. The molecule has 2 aromatic carbocycles. The minimum Gasteiger partial charge on any atom is -0.459 e. The third kappa shape index (κ3) is 2.64. The molecule has 1 atom stereocenters. The van der Waals surface area contributed by atoms with E-state index in [4.69, 9.17) is 4.74 Å². The molecule has 2 aromatic rings. The van der Waals surface area contributed by atoms with Crippen molar-refractivity contribution in [3.05, 3.63) is 48.0 Å². The van der Waals surface area contributed by atoms with Crippen molar-refractivity contribution >= 4 is 16.7 Å². The summed E-state index contributed by atoms with van der Waals surface area (Å²) in [7, 11) is 0. The zero-order valence-electron chi connectivity index (χ0n) is 10.1. The molecule has 0 aliphatic carbocycles. The minimum atomic E-state index is -0.245. The molecule has 0 aliphatic rings. The van der Waals surface area contributed by atoms with E-state index < -0.39 is 0 Å². The monoisotopic (exact) mass is 228 g/mol. The smallest absolute Gasteiger partial charge is 0.338 e. The molecule has 2 heteroatoms. The van der Waals surface area contributed by atoms with E-state index in [1.807, 2.05) is 56.3 Å². The lowest BCUT2D eigenvalue weighted by atomic mass is 10.1. The van der Waals surface area contributed by atoms with Crippen LogP contribution in [0.1, 0.15) is 30.6 Å². The molecule has 0 fully saturated rings. The summed E-state index contributed by atoms with van der Waals surface area (Å²) in [5.74, 6) is -0.245. The normalized spacial score (nSPS) is 12.4. The molecule has 0 aliphatic heterocycles. The predicted octanol–water partition coefficient (Wildman–Crippen LogP) is 3.80. The van der Waals surface area contributed by atoms with E-state index in [-0.39, 0.29) is 12.1 Å². The number of rotatable bonds is 3. The van der Waals surface area contributed by atoms with Crippen molar-refractivity contribution in [1.82, 2.24) is 0 Å². The van der Waals surface area contributed by atoms with E-state index in [1.54, 1.807) is 0 Å². The lowest BCUT2D eigenvalue weighted by Crippen LogP contribution is -2.13. The number of fused-ring (bicyclic) bond motifs is 1. The van der Waals surface area contributed by atoms with Crippen LogP contribution >= 0.6 is 0 Å². The number of hydrogen-bond donors (Lipinski definition) is 0. The van der Waals surface area contributed by atoms with E-state index in [9.17, 15) is 4.79 Å². The highest BCUT2D eigenvalue weighted by Gasteiger charge is 2.10. The van der Waals surface area contributed by atoms with E-state index in [0.717, 1.165) is 17.2 Å². The number of ether oxygens (including phenoxy) is 1. The highest BCUT2D eigenvalue weighted by atomic mass is 16.5. The number of carbonyl (C=O) groups excluding carboxylic acids is 1. The van der Waals surface area contributed by atoms with Gasteiger partial charge in [0.2, 0.25) is 0 Å². The van der Waals surface area contributed by atoms with Crippen LogP contribution in [0.15, 0.2) is 42.5 Å². The van der Waals surface area contributed by atoms with Crippen LogP contribution < -0.4 is 0 Å². The maximum absolute atomic E-state index is 11.8. The second-order valence-corrected chi connectivity index (χ2v) is 4.19. The molecule has 0 N–H and O–H groups in total. The van der Waals surface area contributed by atoms with Gasteiger partial charge in [-0.15, -0.1) is 0 Å². The molecule has 0 amide bonds. The number of benzene rings is 2. The lowest BCUT2D eigenvalue weighted by Gasteiger charge is -2.11. The summed E-state index contributed by atoms with van der Waals surface area (Å²) in [5.41, 5.74) is 0.615. The molecule has 2 nitrogen and oxygen atoms in total. The van der Waals surface area contributed by atoms with Crippen molar-refractivity contribution in [1.29, 1.82) is 0 Å². The van der Waals surface area contributed by atoms with Crippen LogP contribution in [0.2, 0.25) is 0 Å². The van der Waals surface area contributed by atoms with Gasteiger partial charge in [0.15, 0.2) is 0 Å². The van der Waals surface area contributed by atoms with Gasteiger partial charge < -0.3 is 4.74 Å². The van der Waals surface area contributed by atoms with E-state index in [1.165, 1.54) is 0 Å². The van der Waals surface area contributed by atoms with Gasteiger partial charge >= 0.3 is 5.97 Å². The first-order valence-electron chi connectivity index (χ1n) is 5.90. The van der Waals surface area contributed by atoms with Crippen molar-refractivity contribution in [2.45, 2.75) is 26.4 Å². The van der Waals surface area contributed by atoms with Crippen molar-refractivity contribution < 1.29 is 9.53 Å². The highest BCUT2D eigenvalue weighted by molar-refractivity contribution is 5.95. The molecule has 0 aromatic heterocycles. The van der Waals surface area contributed by atoms with Crippen LogP contribution in [0.5, 0.6) is 0 Å². The maximum atomic E-state index is 11.8. The quantitative estimate of drug-likeness (QED) is 0.747. The number of hydrogen-bond acceptors (Lipinski definition) is 2. The van der Waals surface area contributed by atoms with Crippen LogP contribution in [0.4, 0.5) is 0 Å². The van der Waals surface area contributed by atoms with Gasteiger partial charge in [0, 0.05) is 0 Å². The summed E-state index contributed by atoms with van der Waals surface area (Å²) in [5, 5.41) is 2.19. The molecular formula is C15H16O2. The van der Waals surface area contributed by atoms with Crippen LogP contribution in [0.25, 0.3) is 10.8 Å². The van der Waals surface area contributed by atoms with Gasteiger partial charge in [0.05, 0.1) is 11.7 Å². The van der Waals surface area contributed by atoms with E-state index >= 15 is 0 Å². The Morgan fingerprint density at radius 2 is 1.88 bits per heavy atom. The summed E-state index contributed by atoms with van der Waals surface area (Å²) in [6, 6.07) is 13.6. The van der Waals surface area contributed by atoms with Gasteiger partial charge in [0.25, 0.3) is 0 Å². The molecule has 17 heavy (non-hydrogen) atoms. The molecule has 0 saturated heterocycles. The highest BCUT2D eigenvalue weighted by Crippen LogP contribution is 2.16. The summed E-state index contributed by atoms with van der Waals surface area (Å²) in [6.07, 6.45) is 0.799. The second-order valence-electron chi connectivity index (χ2n) is 4.19. The van der Waals surface area contributed by atoms with Gasteiger partial charge in [0.1, 0.15) is 0 Å². The zero-order chi connectivity index (χ0) is 12.3. The summed E-state index contributed by atoms with van der Waals surface area (Å²) >= 11 is 0. The molecule has 0 spiro atoms. The van der Waals surface area contributed by atoms with E-state index in [0.29, 0.717) is 5.56 Å². The molecule has 0 bridgehead atoms. The van der Waals surface area contributed by atoms with Crippen LogP contribution in [0.3, 0.4) is 0 Å². The third-order valence-corrected chi connectivity index (χ3v) is 2.87. The largest absolute Gasteiger partial charge is 0.459 e. The van der Waals surface area contributed by atoms with Crippen LogP contribution in [0, 0.1) is 0 Å². The fraction of sp³-hybridized carbons (Fsp3) is 0.267. The molecule has 0 radical (unpaired) electrons. The molecule has 0 heterocycles. The fourth-order valence-electron chi connectivity index (χ4n) is 1.65. The van der Waals surface area contributed by atoms with Gasteiger partial charge in [-0.2, -0.15) is 0 Å². The Bertz CT molecular complexity index is 531. The average Bonchev–Trinajstić information content (AvgIpc) is 2.38. The Balaban J connectivity index is 2.27. The van der Waals surface area contributed by atoms with Gasteiger partial charge in [-0.25, -0.2) is 4.79 Å². The molecule has 2 rings (SSSR count). The molecule has 0 saturated carbocycles. The maximum Gasteiger partial charge on any atom is 0.338 e. The standard InChI is InChI=1S/C15H16O2/c1-3-11(2)17-15(16)14-9-8-12-6-4-5-7-13(12)10-14/h4-11H,3H2,1-2H3/t11-/m1/s1. The first-order chi connectivity index (χ1) is 8.20. The predicted molar refractivity (Wildman–Crippen MR) is 69.1 cm³/mol. The van der Waals surface area contributed by atoms with Gasteiger partial charge in [-0.3, -0.25) is 0 Å². The van der Waals surface area contributed by atoms with Gasteiger partial charge in [-0.05, 0) is 36.2 Å². The zero-order valence-corrected chi connectivity index (χ0v) is 10.1. The Morgan fingerprint density at radius 3 is 2.59 bits per heavy atom. The van der Waals surface area contributed by atoms with Crippen molar-refractivity contribution in [3.63, 3.8) is 0 Å². The van der Waals surface area contributed by atoms with Crippen molar-refractivity contribution in [3.8, 4) is 0 Å². The molecule has 0 unspecified atom stereocenters. The Hall–Kier alpha value is -1.83. The Labute approximate surface area is 101 Å². The first kappa shape index (κ1) is 11.6. The first-order valence-corrected chi connectivity index (χ1v) is 5.90. The number of esters is 1. The van der Waals surface area contributed by atoms with E-state index in [2.05, 4.69) is 0 Å². The summed E-state index contributed by atoms with van der Waals surface area (Å²) in [6.45, 7) is 3.90. The average molecular weight is 228 g/mol. The van der Waals surface area contributed by atoms with Crippen molar-refractivity contribution in [2.24, 2.45) is 0 Å². The SMILES string of the molecule is CC[C@@H](C)OC(=O)c1ccc2ccccc2c1. The van der Waals surface area contributed by atoms with Crippen molar-refractivity contribution in [2.75, 3.05) is 0 Å². The summed E-state index contributed by atoms with van der Waals surface area (Å²) < 4.78 is 5.30. The Kier molecular flexibility index (Phi) is 3.43. The third-order valence-electron chi connectivity index (χ3n) is 2.87. The van der Waals surface area contributed by atoms with Crippen LogP contribution in [-0.4, -0.2) is 12.1 Å². The van der Waals surface area contributed by atoms with Crippen LogP contribution in [-0.2, 0) is 4.74 Å². The topological polar surface area (TPSA) is 26.3 Å².